The molecule has 0 saturated carbocycles. The van der Waals surface area contributed by atoms with Crippen LogP contribution in [0.2, 0.25) is 0 Å². The van der Waals surface area contributed by atoms with Crippen LogP contribution >= 0.6 is 0 Å². The maximum atomic E-state index is 11.0. The van der Waals surface area contributed by atoms with Crippen molar-refractivity contribution in [2.24, 2.45) is 0 Å². The fourth-order valence-corrected chi connectivity index (χ4v) is 1.34. The number of nitrogens with zero attached hydrogens (tertiary/aromatic N) is 3. The van der Waals surface area contributed by atoms with Gasteiger partial charge in [0.2, 0.25) is 0 Å². The molecule has 0 spiro atoms. The first-order valence-electron chi connectivity index (χ1n) is 5.44. The van der Waals surface area contributed by atoms with E-state index in [0.29, 0.717) is 5.82 Å². The normalized spacial score (nSPS) is 10.2. The van der Waals surface area contributed by atoms with Gasteiger partial charge in [0.1, 0.15) is 7.05 Å². The van der Waals surface area contributed by atoms with Crippen molar-refractivity contribution in [2.75, 3.05) is 38.6 Å². The van der Waals surface area contributed by atoms with Gasteiger partial charge in [-0.3, -0.25) is 0 Å². The maximum absolute atomic E-state index is 11.0. The number of aromatic nitrogens is 1. The predicted octanol–water partition coefficient (Wildman–Crippen LogP) is 1.17. The quantitative estimate of drug-likeness (QED) is 0.581. The van der Waals surface area contributed by atoms with Gasteiger partial charge in [0.25, 0.3) is 0 Å². The monoisotopic (exact) mass is 223 g/mol. The fourth-order valence-electron chi connectivity index (χ4n) is 1.34. The molecule has 0 amide bonds. The summed E-state index contributed by atoms with van der Waals surface area (Å²) in [6.45, 7) is 4.92. The molecule has 16 heavy (non-hydrogen) atoms. The zero-order chi connectivity index (χ0) is 12.0. The summed E-state index contributed by atoms with van der Waals surface area (Å²) in [5.74, 6) is 0.434. The highest BCUT2D eigenvalue weighted by molar-refractivity contribution is 5.45. The van der Waals surface area contributed by atoms with Gasteiger partial charge in [0, 0.05) is 26.2 Å². The van der Waals surface area contributed by atoms with Crippen LogP contribution in [-0.2, 0) is 0 Å². The van der Waals surface area contributed by atoms with Crippen LogP contribution in [-0.4, -0.2) is 43.5 Å². The Labute approximate surface area is 96.1 Å². The summed E-state index contributed by atoms with van der Waals surface area (Å²) in [5, 5.41) is 3.26. The second-order valence-corrected chi connectivity index (χ2v) is 3.65. The van der Waals surface area contributed by atoms with Crippen LogP contribution in [0.15, 0.2) is 18.3 Å². The van der Waals surface area contributed by atoms with Crippen molar-refractivity contribution in [1.29, 1.82) is 0 Å². The van der Waals surface area contributed by atoms with Crippen molar-refractivity contribution in [3.8, 4) is 0 Å². The molecule has 0 radical (unpaired) electrons. The van der Waals surface area contributed by atoms with Gasteiger partial charge in [-0.1, -0.05) is 11.8 Å². The van der Waals surface area contributed by atoms with Crippen molar-refractivity contribution in [2.45, 2.75) is 6.92 Å². The van der Waals surface area contributed by atoms with Crippen LogP contribution < -0.4 is 10.2 Å². The van der Waals surface area contributed by atoms with Crippen molar-refractivity contribution in [3.63, 3.8) is 0 Å². The third-order valence-corrected chi connectivity index (χ3v) is 2.37. The van der Waals surface area contributed by atoms with E-state index in [1.54, 1.807) is 12.3 Å². The molecule has 1 heterocycles. The first kappa shape index (κ1) is 12.6. The molecule has 0 unspecified atom stereocenters. The molecule has 1 aromatic heterocycles. The summed E-state index contributed by atoms with van der Waals surface area (Å²) in [6, 6.07) is 3.63. The minimum atomic E-state index is 0.434. The Morgan fingerprint density at radius 3 is 2.75 bits per heavy atom. The van der Waals surface area contributed by atoms with Crippen LogP contribution in [0.4, 0.5) is 11.5 Å². The molecule has 0 fully saturated rings. The lowest BCUT2D eigenvalue weighted by atomic mass is 10.3. The Balaban J connectivity index is 2.56. The van der Waals surface area contributed by atoms with E-state index < -0.39 is 0 Å². The van der Waals surface area contributed by atoms with E-state index in [1.165, 1.54) is 7.05 Å². The Bertz CT molecular complexity index is 336. The Morgan fingerprint density at radius 1 is 1.50 bits per heavy atom. The molecular weight excluding hydrogens is 204 g/mol. The summed E-state index contributed by atoms with van der Waals surface area (Å²) in [5.41, 5.74) is 1.02. The molecule has 0 aromatic carbocycles. The highest BCUT2D eigenvalue weighted by Gasteiger charge is 2.09. The maximum Gasteiger partial charge on any atom is 0.360 e. The van der Waals surface area contributed by atoms with E-state index in [9.17, 15) is 4.91 Å². The summed E-state index contributed by atoms with van der Waals surface area (Å²) in [7, 11) is 3.45. The summed E-state index contributed by atoms with van der Waals surface area (Å²) < 4.78 is 0.752. The van der Waals surface area contributed by atoms with Crippen LogP contribution in [0.3, 0.4) is 0 Å². The Kier molecular flexibility index (Phi) is 4.85. The molecule has 1 aromatic rings. The molecule has 0 saturated heterocycles. The Hall–Kier alpha value is -1.49. The van der Waals surface area contributed by atoms with Gasteiger partial charge in [-0.15, -0.1) is 0 Å². The van der Waals surface area contributed by atoms with Gasteiger partial charge in [-0.05, 0) is 22.4 Å². The number of nitrogens with one attached hydrogen (secondary N) is 1. The van der Waals surface area contributed by atoms with Crippen molar-refractivity contribution in [3.05, 3.63) is 23.2 Å². The van der Waals surface area contributed by atoms with Crippen LogP contribution in [0, 0.1) is 4.91 Å². The second kappa shape index (κ2) is 6.17. The molecule has 0 aliphatic carbocycles. The lowest BCUT2D eigenvalue weighted by Gasteiger charge is -2.17. The molecule has 5 heteroatoms. The molecule has 0 atom stereocenters. The van der Waals surface area contributed by atoms with Crippen LogP contribution in [0.1, 0.15) is 6.92 Å². The smallest absolute Gasteiger partial charge is 0.360 e. The number of hydrogen-bond donors (Lipinski definition) is 1. The first-order valence-corrected chi connectivity index (χ1v) is 5.44. The number of rotatable bonds is 6. The first-order chi connectivity index (χ1) is 7.65. The largest absolute Gasteiger partial charge is 0.370 e. The molecule has 0 bridgehead atoms. The standard InChI is InChI=1S/C11H19N4O/c1-4-12-7-8-14(2)10-5-6-11(13-9-10)15(3)16/h5-6,9,12H,4,7-8H2,1-3H3/q+1. The van der Waals surface area contributed by atoms with Gasteiger partial charge in [0.15, 0.2) is 6.20 Å². The molecule has 1 rings (SSSR count). The van der Waals surface area contributed by atoms with Gasteiger partial charge in [-0.25, -0.2) is 0 Å². The minimum absolute atomic E-state index is 0.434. The van der Waals surface area contributed by atoms with E-state index in [4.69, 9.17) is 0 Å². The number of nitroso groups, excluding NO2 is 1. The van der Waals surface area contributed by atoms with E-state index in [1.807, 2.05) is 13.1 Å². The van der Waals surface area contributed by atoms with Crippen molar-refractivity contribution < 1.29 is 4.76 Å². The van der Waals surface area contributed by atoms with E-state index in [2.05, 4.69) is 22.1 Å². The average molecular weight is 223 g/mol. The topological polar surface area (TPSA) is 48.2 Å². The predicted molar refractivity (Wildman–Crippen MR) is 65.3 cm³/mol. The lowest BCUT2D eigenvalue weighted by Crippen LogP contribution is -2.28. The minimum Gasteiger partial charge on any atom is -0.370 e. The lowest BCUT2D eigenvalue weighted by molar-refractivity contribution is -0.432. The second-order valence-electron chi connectivity index (χ2n) is 3.65. The van der Waals surface area contributed by atoms with Crippen LogP contribution in [0.5, 0.6) is 0 Å². The molecule has 0 aliphatic heterocycles. The highest BCUT2D eigenvalue weighted by Crippen LogP contribution is 2.13. The van der Waals surface area contributed by atoms with Crippen molar-refractivity contribution in [1.82, 2.24) is 10.3 Å². The molecule has 5 nitrogen and oxygen atoms in total. The molecule has 88 valence electrons. The van der Waals surface area contributed by atoms with E-state index in [0.717, 1.165) is 30.1 Å². The van der Waals surface area contributed by atoms with Gasteiger partial charge in [0.05, 0.1) is 5.69 Å². The van der Waals surface area contributed by atoms with E-state index in [-0.39, 0.29) is 0 Å². The average Bonchev–Trinajstić information content (AvgIpc) is 2.29. The third kappa shape index (κ3) is 3.58. The van der Waals surface area contributed by atoms with Crippen molar-refractivity contribution >= 4 is 11.5 Å². The van der Waals surface area contributed by atoms with Gasteiger partial charge in [-0.2, -0.15) is 0 Å². The number of hydrogen-bond acceptors (Lipinski definition) is 4. The van der Waals surface area contributed by atoms with E-state index >= 15 is 0 Å². The number of anilines is 1. The summed E-state index contributed by atoms with van der Waals surface area (Å²) in [6.07, 6.45) is 1.72. The van der Waals surface area contributed by atoms with Gasteiger partial charge < -0.3 is 10.2 Å². The summed E-state index contributed by atoms with van der Waals surface area (Å²) >= 11 is 0. The van der Waals surface area contributed by atoms with Crippen LogP contribution in [0.25, 0.3) is 0 Å². The number of pyridine rings is 1. The van der Waals surface area contributed by atoms with Gasteiger partial charge >= 0.3 is 5.82 Å². The third-order valence-electron chi connectivity index (χ3n) is 2.37. The zero-order valence-corrected chi connectivity index (χ0v) is 10.1. The zero-order valence-electron chi connectivity index (χ0n) is 10.1. The summed E-state index contributed by atoms with van der Waals surface area (Å²) in [4.78, 5) is 17.1. The Morgan fingerprint density at radius 2 is 2.25 bits per heavy atom. The SMILES string of the molecule is CCNCCN(C)c1ccc([N+](C)=O)nc1. The molecule has 0 aliphatic rings. The fraction of sp³-hybridized carbons (Fsp3) is 0.545. The molecule has 1 N–H and O–H groups in total. The highest BCUT2D eigenvalue weighted by atomic mass is 16.3. The number of likely N-dealkylation sites (N-methyl/N-ethyl adjacent to an activating group) is 2. The molecular formula is C11H19N4O+.